The van der Waals surface area contributed by atoms with E-state index in [1.54, 1.807) is 0 Å². The molecule has 0 spiro atoms. The second kappa shape index (κ2) is 2.34. The van der Waals surface area contributed by atoms with E-state index in [1.807, 2.05) is 0 Å². The Labute approximate surface area is 79.8 Å². The maximum atomic E-state index is 11.1. The number of esters is 1. The molecule has 2 bridgehead atoms. The molecule has 2 nitrogen and oxygen atoms in total. The Morgan fingerprint density at radius 3 is 3.09 bits per heavy atom. The summed E-state index contributed by atoms with van der Waals surface area (Å²) < 4.78 is 5.45. The number of alkyl halides is 1. The highest BCUT2D eigenvalue weighted by atomic mass is 127. The third-order valence-corrected chi connectivity index (χ3v) is 3.98. The summed E-state index contributed by atoms with van der Waals surface area (Å²) in [6, 6.07) is 0. The first-order valence-electron chi connectivity index (χ1n) is 3.99. The van der Waals surface area contributed by atoms with Crippen LogP contribution in [0.3, 0.4) is 0 Å². The van der Waals surface area contributed by atoms with Crippen LogP contribution in [0.15, 0.2) is 0 Å². The van der Waals surface area contributed by atoms with Crippen LogP contribution in [-0.2, 0) is 9.53 Å². The van der Waals surface area contributed by atoms with Gasteiger partial charge in [-0.15, -0.1) is 0 Å². The molecule has 1 saturated carbocycles. The average molecular weight is 266 g/mol. The highest BCUT2D eigenvalue weighted by molar-refractivity contribution is 14.1. The van der Waals surface area contributed by atoms with Crippen molar-refractivity contribution in [2.45, 2.75) is 35.7 Å². The first kappa shape index (κ1) is 7.83. The molecule has 0 aromatic heterocycles. The fraction of sp³-hybridized carbons (Fsp3) is 0.875. The Balaban J connectivity index is 2.21. The normalized spacial score (nSPS) is 49.1. The number of hydrogen-bond donors (Lipinski definition) is 0. The average Bonchev–Trinajstić information content (AvgIpc) is 2.23. The predicted octanol–water partition coefficient (Wildman–Crippen LogP) is 1.91. The standard InChI is InChI=1S/C8H11IO2/c1-8(9)3-2-5-4-6(8)11-7(5)10/h5-6H,2-4H2,1H3/t5-,6-,8+/m0/s1. The highest BCUT2D eigenvalue weighted by Crippen LogP contribution is 2.45. The minimum absolute atomic E-state index is 0.0374. The summed E-state index contributed by atoms with van der Waals surface area (Å²) in [5, 5.41) is 0. The predicted molar refractivity (Wildman–Crippen MR) is 49.6 cm³/mol. The molecule has 1 heterocycles. The molecule has 0 radical (unpaired) electrons. The topological polar surface area (TPSA) is 26.3 Å². The maximum Gasteiger partial charge on any atom is 0.309 e. The lowest BCUT2D eigenvalue weighted by Gasteiger charge is -2.30. The first-order chi connectivity index (χ1) is 5.09. The number of carbonyl (C=O) groups excluding carboxylic acids is 1. The molecule has 2 rings (SSSR count). The van der Waals surface area contributed by atoms with E-state index in [0.717, 1.165) is 19.3 Å². The minimum Gasteiger partial charge on any atom is -0.461 e. The lowest BCUT2D eigenvalue weighted by atomic mass is 9.83. The van der Waals surface area contributed by atoms with Crippen LogP contribution in [0.1, 0.15) is 26.2 Å². The summed E-state index contributed by atoms with van der Waals surface area (Å²) in [5.74, 6) is 0.262. The summed E-state index contributed by atoms with van der Waals surface area (Å²) in [4.78, 5) is 11.1. The summed E-state index contributed by atoms with van der Waals surface area (Å²) in [6.45, 7) is 2.17. The Morgan fingerprint density at radius 1 is 1.73 bits per heavy atom. The van der Waals surface area contributed by atoms with Crippen molar-refractivity contribution < 1.29 is 9.53 Å². The van der Waals surface area contributed by atoms with Crippen LogP contribution in [0, 0.1) is 5.92 Å². The highest BCUT2D eigenvalue weighted by Gasteiger charge is 2.48. The van der Waals surface area contributed by atoms with E-state index >= 15 is 0 Å². The molecular weight excluding hydrogens is 255 g/mol. The van der Waals surface area contributed by atoms with Gasteiger partial charge in [0.1, 0.15) is 6.10 Å². The van der Waals surface area contributed by atoms with Gasteiger partial charge in [0, 0.05) is 0 Å². The molecular formula is C8H11IO2. The Bertz CT molecular complexity index is 200. The van der Waals surface area contributed by atoms with Gasteiger partial charge in [-0.05, 0) is 26.2 Å². The zero-order valence-corrected chi connectivity index (χ0v) is 8.63. The molecule has 1 aliphatic heterocycles. The lowest BCUT2D eigenvalue weighted by Crippen LogP contribution is -2.35. The van der Waals surface area contributed by atoms with Crippen LogP contribution in [0.25, 0.3) is 0 Å². The Hall–Kier alpha value is 0.200. The fourth-order valence-electron chi connectivity index (χ4n) is 1.86. The third-order valence-electron chi connectivity index (χ3n) is 2.74. The molecule has 0 aromatic carbocycles. The first-order valence-corrected chi connectivity index (χ1v) is 5.07. The van der Waals surface area contributed by atoms with Crippen LogP contribution >= 0.6 is 22.6 Å². The van der Waals surface area contributed by atoms with E-state index < -0.39 is 0 Å². The number of ether oxygens (including phenoxy) is 1. The molecule has 1 saturated heterocycles. The van der Waals surface area contributed by atoms with Gasteiger partial charge in [0.25, 0.3) is 0 Å². The fourth-order valence-corrected chi connectivity index (χ4v) is 2.55. The molecule has 0 unspecified atom stereocenters. The summed E-state index contributed by atoms with van der Waals surface area (Å²) >= 11 is 2.41. The van der Waals surface area contributed by atoms with Crippen molar-refractivity contribution in [1.29, 1.82) is 0 Å². The van der Waals surface area contributed by atoms with Gasteiger partial charge in [0.15, 0.2) is 0 Å². The molecule has 0 aromatic rings. The van der Waals surface area contributed by atoms with Crippen LogP contribution < -0.4 is 0 Å². The van der Waals surface area contributed by atoms with Crippen molar-refractivity contribution in [1.82, 2.24) is 0 Å². The molecule has 11 heavy (non-hydrogen) atoms. The zero-order chi connectivity index (χ0) is 8.06. The van der Waals surface area contributed by atoms with Crippen molar-refractivity contribution >= 4 is 28.6 Å². The maximum absolute atomic E-state index is 11.1. The van der Waals surface area contributed by atoms with Crippen molar-refractivity contribution in [3.05, 3.63) is 0 Å². The van der Waals surface area contributed by atoms with E-state index in [1.165, 1.54) is 0 Å². The number of halogens is 1. The van der Waals surface area contributed by atoms with Gasteiger partial charge in [-0.25, -0.2) is 0 Å². The molecule has 2 fully saturated rings. The van der Waals surface area contributed by atoms with E-state index in [0.29, 0.717) is 0 Å². The summed E-state index contributed by atoms with van der Waals surface area (Å²) in [6.07, 6.45) is 3.29. The van der Waals surface area contributed by atoms with Crippen LogP contribution in [-0.4, -0.2) is 15.5 Å². The van der Waals surface area contributed by atoms with Crippen molar-refractivity contribution in [2.75, 3.05) is 0 Å². The summed E-state index contributed by atoms with van der Waals surface area (Å²) in [5.41, 5.74) is 0. The van der Waals surface area contributed by atoms with Gasteiger partial charge < -0.3 is 4.74 Å². The zero-order valence-electron chi connectivity index (χ0n) is 6.47. The van der Waals surface area contributed by atoms with Crippen molar-refractivity contribution in [3.8, 4) is 0 Å². The van der Waals surface area contributed by atoms with Gasteiger partial charge in [-0.3, -0.25) is 4.79 Å². The van der Waals surface area contributed by atoms with E-state index in [9.17, 15) is 4.79 Å². The monoisotopic (exact) mass is 266 g/mol. The molecule has 3 heteroatoms. The molecule has 1 aliphatic carbocycles. The Morgan fingerprint density at radius 2 is 2.45 bits per heavy atom. The minimum atomic E-state index is 0.0374. The van der Waals surface area contributed by atoms with E-state index in [2.05, 4.69) is 29.5 Å². The quantitative estimate of drug-likeness (QED) is 0.380. The van der Waals surface area contributed by atoms with Gasteiger partial charge in [0.2, 0.25) is 0 Å². The molecule has 0 N–H and O–H groups in total. The lowest BCUT2D eigenvalue weighted by molar-refractivity contribution is -0.143. The van der Waals surface area contributed by atoms with Crippen molar-refractivity contribution in [3.63, 3.8) is 0 Å². The van der Waals surface area contributed by atoms with Crippen LogP contribution in [0.4, 0.5) is 0 Å². The number of carbonyl (C=O) groups is 1. The van der Waals surface area contributed by atoms with Gasteiger partial charge >= 0.3 is 5.97 Å². The second-order valence-electron chi connectivity index (χ2n) is 3.67. The van der Waals surface area contributed by atoms with Gasteiger partial charge in [0.05, 0.1) is 9.34 Å². The molecule has 0 amide bonds. The number of rotatable bonds is 0. The van der Waals surface area contributed by atoms with Crippen LogP contribution in [0.2, 0.25) is 0 Å². The Kier molecular flexibility index (Phi) is 1.67. The SMILES string of the molecule is C[C@@]1(I)CC[C@H]2C[C@@H]1OC2=O. The van der Waals surface area contributed by atoms with Crippen molar-refractivity contribution in [2.24, 2.45) is 5.92 Å². The largest absolute Gasteiger partial charge is 0.461 e. The number of hydrogen-bond acceptors (Lipinski definition) is 2. The molecule has 62 valence electrons. The van der Waals surface area contributed by atoms with E-state index in [-0.39, 0.29) is 21.4 Å². The second-order valence-corrected chi connectivity index (χ2v) is 6.14. The number of fused-ring (bicyclic) bond motifs is 2. The van der Waals surface area contributed by atoms with Gasteiger partial charge in [-0.2, -0.15) is 0 Å². The molecule has 3 atom stereocenters. The smallest absolute Gasteiger partial charge is 0.309 e. The molecule has 2 aliphatic rings. The third kappa shape index (κ3) is 1.17. The summed E-state index contributed by atoms with van der Waals surface area (Å²) in [7, 11) is 0. The van der Waals surface area contributed by atoms with Crippen LogP contribution in [0.5, 0.6) is 0 Å². The van der Waals surface area contributed by atoms with E-state index in [4.69, 9.17) is 4.74 Å². The van der Waals surface area contributed by atoms with Gasteiger partial charge in [-0.1, -0.05) is 22.6 Å².